The number of carbonyl (C=O) groups excluding carboxylic acids is 1. The molecule has 5 N–H and O–H groups in total. The molecule has 162 valence electrons. The number of carbonyl (C=O) groups is 1. The van der Waals surface area contributed by atoms with Gasteiger partial charge in [0.2, 0.25) is 0 Å². The Morgan fingerprint density at radius 1 is 1.06 bits per heavy atom. The highest BCUT2D eigenvalue weighted by Gasteiger charge is 2.17. The zero-order valence-corrected chi connectivity index (χ0v) is 17.9. The van der Waals surface area contributed by atoms with Gasteiger partial charge in [0.15, 0.2) is 0 Å². The minimum atomic E-state index is -3.26. The van der Waals surface area contributed by atoms with Crippen molar-refractivity contribution in [2.75, 3.05) is 11.1 Å². The Bertz CT molecular complexity index is 1400. The third kappa shape index (κ3) is 4.23. The number of benzene rings is 3. The Kier molecular flexibility index (Phi) is 5.50. The molecule has 0 saturated heterocycles. The summed E-state index contributed by atoms with van der Waals surface area (Å²) in [4.78, 5) is 19.8. The molecule has 1 atom stereocenters. The van der Waals surface area contributed by atoms with Gasteiger partial charge in [-0.15, -0.1) is 0 Å². The second kappa shape index (κ2) is 8.27. The van der Waals surface area contributed by atoms with Crippen molar-refractivity contribution in [3.05, 3.63) is 90.1 Å². The van der Waals surface area contributed by atoms with Gasteiger partial charge in [0.1, 0.15) is 26.4 Å². The summed E-state index contributed by atoms with van der Waals surface area (Å²) in [7, 11) is -3.26. The van der Waals surface area contributed by atoms with Crippen LogP contribution in [0.1, 0.15) is 16.2 Å². The fourth-order valence-electron chi connectivity index (χ4n) is 3.15. The molecule has 4 rings (SSSR count). The van der Waals surface area contributed by atoms with Gasteiger partial charge in [-0.1, -0.05) is 18.2 Å². The van der Waals surface area contributed by atoms with Crippen LogP contribution in [0.25, 0.3) is 11.1 Å². The van der Waals surface area contributed by atoms with E-state index in [4.69, 9.17) is 10.5 Å². The number of nitrogen functional groups attached to an aromatic ring is 1. The Morgan fingerprint density at radius 2 is 1.72 bits per heavy atom. The minimum absolute atomic E-state index is 0.206. The molecular formula is C23H20FN5O2S. The number of nitrogens with zero attached hydrogens (tertiary/aromatic N) is 1. The summed E-state index contributed by atoms with van der Waals surface area (Å²) in [6.07, 6.45) is 1.38. The van der Waals surface area contributed by atoms with Crippen molar-refractivity contribution in [2.45, 2.75) is 16.8 Å². The van der Waals surface area contributed by atoms with Crippen LogP contribution < -0.4 is 11.1 Å². The first kappa shape index (κ1) is 21.3. The Balaban J connectivity index is 1.55. The van der Waals surface area contributed by atoms with Gasteiger partial charge in [-0.25, -0.2) is 18.4 Å². The van der Waals surface area contributed by atoms with Gasteiger partial charge in [-0.05, 0) is 66.6 Å². The van der Waals surface area contributed by atoms with E-state index in [2.05, 4.69) is 15.3 Å². The van der Waals surface area contributed by atoms with E-state index < -0.39 is 15.6 Å². The summed E-state index contributed by atoms with van der Waals surface area (Å²) in [6.45, 7) is 1.71. The number of halogens is 1. The predicted octanol–water partition coefficient (Wildman–Crippen LogP) is 4.82. The van der Waals surface area contributed by atoms with Gasteiger partial charge in [0.25, 0.3) is 5.91 Å². The van der Waals surface area contributed by atoms with Gasteiger partial charge < -0.3 is 16.0 Å². The standard InChI is InChI=1S/C23H20FN5O2S/c1-14-27-13-22(28-14)32(26,31)19-9-4-16(5-10-19)23(30)29-21-12-17(6-11-20(21)25)15-2-7-18(24)8-3-15/h2-13,26H,25H2,1H3,(H,27,28)(H,29,30). The van der Waals surface area contributed by atoms with Gasteiger partial charge >= 0.3 is 0 Å². The lowest BCUT2D eigenvalue weighted by Crippen LogP contribution is -2.13. The van der Waals surface area contributed by atoms with Crippen LogP contribution >= 0.6 is 0 Å². The first-order valence-corrected chi connectivity index (χ1v) is 11.2. The fraction of sp³-hybridized carbons (Fsp3) is 0.0435. The summed E-state index contributed by atoms with van der Waals surface area (Å²) in [5.41, 5.74) is 8.68. The Morgan fingerprint density at radius 3 is 2.34 bits per heavy atom. The van der Waals surface area contributed by atoms with Crippen molar-refractivity contribution in [3.63, 3.8) is 0 Å². The first-order chi connectivity index (χ1) is 15.2. The van der Waals surface area contributed by atoms with E-state index >= 15 is 0 Å². The number of amides is 1. The normalized spacial score (nSPS) is 12.8. The molecule has 7 nitrogen and oxygen atoms in total. The van der Waals surface area contributed by atoms with Crippen molar-refractivity contribution in [3.8, 4) is 11.1 Å². The number of hydrogen-bond donors (Lipinski definition) is 4. The number of nitrogens with two attached hydrogens (primary N) is 1. The number of aromatic amines is 1. The molecule has 4 aromatic rings. The number of aromatic nitrogens is 2. The summed E-state index contributed by atoms with van der Waals surface area (Å²) in [6, 6.07) is 17.2. The lowest BCUT2D eigenvalue weighted by atomic mass is 10.0. The predicted molar refractivity (Wildman–Crippen MR) is 121 cm³/mol. The second-order valence-electron chi connectivity index (χ2n) is 7.18. The van der Waals surface area contributed by atoms with Crippen LogP contribution in [0.2, 0.25) is 0 Å². The van der Waals surface area contributed by atoms with E-state index in [1.54, 1.807) is 37.3 Å². The molecule has 1 aromatic heterocycles. The highest BCUT2D eigenvalue weighted by atomic mass is 32.2. The third-order valence-electron chi connectivity index (χ3n) is 4.92. The molecule has 0 spiro atoms. The van der Waals surface area contributed by atoms with Crippen molar-refractivity contribution < 1.29 is 13.4 Å². The van der Waals surface area contributed by atoms with Crippen LogP contribution in [-0.4, -0.2) is 20.1 Å². The fourth-order valence-corrected chi connectivity index (χ4v) is 4.42. The second-order valence-corrected chi connectivity index (χ2v) is 9.20. The van der Waals surface area contributed by atoms with Gasteiger partial charge in [0, 0.05) is 5.56 Å². The zero-order valence-electron chi connectivity index (χ0n) is 17.1. The maximum atomic E-state index is 13.2. The van der Waals surface area contributed by atoms with E-state index in [0.29, 0.717) is 22.8 Å². The average Bonchev–Trinajstić information content (AvgIpc) is 3.23. The molecule has 0 saturated carbocycles. The summed E-state index contributed by atoms with van der Waals surface area (Å²) in [5, 5.41) is 2.97. The van der Waals surface area contributed by atoms with E-state index in [-0.39, 0.29) is 15.7 Å². The quantitative estimate of drug-likeness (QED) is 0.326. The number of rotatable bonds is 5. The number of aryl methyl sites for hydroxylation is 1. The van der Waals surface area contributed by atoms with Gasteiger partial charge in [-0.3, -0.25) is 4.79 Å². The molecule has 1 unspecified atom stereocenters. The zero-order chi connectivity index (χ0) is 22.9. The molecule has 0 radical (unpaired) electrons. The van der Waals surface area contributed by atoms with Crippen molar-refractivity contribution >= 4 is 27.0 Å². The van der Waals surface area contributed by atoms with Gasteiger partial charge in [-0.2, -0.15) is 0 Å². The number of anilines is 2. The van der Waals surface area contributed by atoms with Crippen molar-refractivity contribution in [1.29, 1.82) is 4.78 Å². The smallest absolute Gasteiger partial charge is 0.255 e. The number of H-pyrrole nitrogens is 1. The number of nitrogens with one attached hydrogen (secondary N) is 3. The molecule has 1 heterocycles. The molecule has 32 heavy (non-hydrogen) atoms. The lowest BCUT2D eigenvalue weighted by Gasteiger charge is -2.11. The van der Waals surface area contributed by atoms with E-state index in [1.807, 2.05) is 0 Å². The van der Waals surface area contributed by atoms with E-state index in [0.717, 1.165) is 11.1 Å². The SMILES string of the molecule is Cc1ncc(S(=N)(=O)c2ccc(C(=O)Nc3cc(-c4ccc(F)cc4)ccc3N)cc2)[nH]1. The first-order valence-electron chi connectivity index (χ1n) is 9.61. The lowest BCUT2D eigenvalue weighted by molar-refractivity contribution is 0.102. The maximum Gasteiger partial charge on any atom is 0.255 e. The van der Waals surface area contributed by atoms with Crippen LogP contribution in [0.3, 0.4) is 0 Å². The molecule has 3 aromatic carbocycles. The largest absolute Gasteiger partial charge is 0.397 e. The molecule has 0 bridgehead atoms. The maximum absolute atomic E-state index is 13.2. The van der Waals surface area contributed by atoms with Crippen LogP contribution in [0.5, 0.6) is 0 Å². The molecule has 0 aliphatic heterocycles. The van der Waals surface area contributed by atoms with Gasteiger partial charge in [0.05, 0.1) is 22.5 Å². The molecule has 9 heteroatoms. The molecule has 0 aliphatic rings. The minimum Gasteiger partial charge on any atom is -0.397 e. The Hall–Kier alpha value is -3.98. The molecule has 1 amide bonds. The monoisotopic (exact) mass is 449 g/mol. The summed E-state index contributed by atoms with van der Waals surface area (Å²) < 4.78 is 34.3. The topological polar surface area (TPSA) is 125 Å². The van der Waals surface area contributed by atoms with Crippen molar-refractivity contribution in [1.82, 2.24) is 9.97 Å². The third-order valence-corrected chi connectivity index (χ3v) is 6.68. The molecule has 0 aliphatic carbocycles. The van der Waals surface area contributed by atoms with Crippen LogP contribution in [0.15, 0.2) is 82.8 Å². The van der Waals surface area contributed by atoms with E-state index in [9.17, 15) is 13.4 Å². The average molecular weight is 450 g/mol. The van der Waals surface area contributed by atoms with Crippen LogP contribution in [0, 0.1) is 17.5 Å². The summed E-state index contributed by atoms with van der Waals surface area (Å²) >= 11 is 0. The summed E-state index contributed by atoms with van der Waals surface area (Å²) in [5.74, 6) is -0.176. The van der Waals surface area contributed by atoms with E-state index in [1.165, 1.54) is 42.6 Å². The van der Waals surface area contributed by atoms with Crippen LogP contribution in [-0.2, 0) is 9.73 Å². The van der Waals surface area contributed by atoms with Crippen LogP contribution in [0.4, 0.5) is 15.8 Å². The highest BCUT2D eigenvalue weighted by molar-refractivity contribution is 7.92. The number of hydrogen-bond acceptors (Lipinski definition) is 5. The highest BCUT2D eigenvalue weighted by Crippen LogP contribution is 2.28. The molecule has 0 fully saturated rings. The number of imidazole rings is 1. The molecular weight excluding hydrogens is 429 g/mol. The Labute approximate surface area is 184 Å². The van der Waals surface area contributed by atoms with Crippen molar-refractivity contribution in [2.24, 2.45) is 0 Å².